The van der Waals surface area contributed by atoms with Crippen LogP contribution < -0.4 is 5.11 Å². The molecule has 9 heteroatoms. The first-order valence-electron chi connectivity index (χ1n) is 29.3. The van der Waals surface area contributed by atoms with Gasteiger partial charge in [0.15, 0.2) is 12.4 Å². The fourth-order valence-electron chi connectivity index (χ4n) is 7.45. The molecule has 0 aliphatic heterocycles. The monoisotopic (exact) mass is 1040 g/mol. The summed E-state index contributed by atoms with van der Waals surface area (Å²) >= 11 is 0. The molecular formula is C66H107NO8. The number of carboxylic acids is 1. The summed E-state index contributed by atoms with van der Waals surface area (Å²) in [6, 6.07) is 0. The number of quaternary nitrogens is 1. The zero-order valence-corrected chi connectivity index (χ0v) is 48.1. The average Bonchev–Trinajstić information content (AvgIpc) is 3.38. The summed E-state index contributed by atoms with van der Waals surface area (Å²) in [5, 5.41) is 11.8. The van der Waals surface area contributed by atoms with Crippen LogP contribution in [-0.4, -0.2) is 82.3 Å². The first-order chi connectivity index (χ1) is 36.6. The van der Waals surface area contributed by atoms with Crippen molar-refractivity contribution in [3.8, 4) is 0 Å². The van der Waals surface area contributed by atoms with Gasteiger partial charge in [0.05, 0.1) is 40.3 Å². The van der Waals surface area contributed by atoms with E-state index in [0.717, 1.165) is 109 Å². The topological polar surface area (TPSA) is 111 Å². The van der Waals surface area contributed by atoms with Gasteiger partial charge < -0.3 is 33.3 Å². The standard InChI is InChI=1S/C66H107NO8/c1-6-8-10-12-14-16-18-20-22-24-26-27-28-29-30-31-32-33-34-35-36-37-39-41-43-45-47-49-51-53-55-57-64(69)75-62(61-74-66(65(70)71)72-59-58-67(3,4)5)60-73-63(68)56-54-52-50-48-46-44-42-40-38-25-23-21-19-17-15-13-11-9-7-2/h8-11,14-17,20-23,26-27,29-30,32-33,38,40,44,46,62,66H,6-7,12-13,18-19,24-25,28,31,34-37,39,41-43,45,47-61H2,1-5H3/b10-8-,11-9-,16-14-,17-15-,22-20-,23-21-,27-26-,30-29-,33-32-,40-38-,46-44-. The maximum Gasteiger partial charge on any atom is 0.306 e. The number of likely N-dealkylation sites (N-methyl/N-ethyl adjacent to an activating group) is 1. The number of rotatable bonds is 52. The molecule has 0 aromatic heterocycles. The molecule has 0 radical (unpaired) electrons. The lowest BCUT2D eigenvalue weighted by Crippen LogP contribution is -2.44. The summed E-state index contributed by atoms with van der Waals surface area (Å²) in [5.74, 6) is -2.34. The van der Waals surface area contributed by atoms with E-state index in [9.17, 15) is 19.5 Å². The second-order valence-electron chi connectivity index (χ2n) is 20.2. The van der Waals surface area contributed by atoms with Crippen LogP contribution in [0.1, 0.15) is 206 Å². The fourth-order valence-corrected chi connectivity index (χ4v) is 7.45. The van der Waals surface area contributed by atoms with E-state index in [1.165, 1.54) is 57.8 Å². The highest BCUT2D eigenvalue weighted by Gasteiger charge is 2.22. The predicted octanol–water partition coefficient (Wildman–Crippen LogP) is 16.1. The Morgan fingerprint density at radius 1 is 0.400 bits per heavy atom. The van der Waals surface area contributed by atoms with Crippen molar-refractivity contribution in [2.45, 2.75) is 219 Å². The summed E-state index contributed by atoms with van der Waals surface area (Å²) in [5.41, 5.74) is 0. The van der Waals surface area contributed by atoms with Gasteiger partial charge in [-0.25, -0.2) is 0 Å². The van der Waals surface area contributed by atoms with Crippen LogP contribution in [-0.2, 0) is 33.3 Å². The Bertz CT molecular complexity index is 1690. The Balaban J connectivity index is 4.28. The number of nitrogens with zero attached hydrogens (tertiary/aromatic N) is 1. The maximum atomic E-state index is 12.9. The highest BCUT2D eigenvalue weighted by atomic mass is 16.7. The molecule has 0 fully saturated rings. The van der Waals surface area contributed by atoms with Crippen LogP contribution in [0, 0.1) is 0 Å². The Kier molecular flexibility index (Phi) is 52.3. The Morgan fingerprint density at radius 2 is 0.720 bits per heavy atom. The molecule has 0 rings (SSSR count). The highest BCUT2D eigenvalue weighted by molar-refractivity contribution is 5.70. The summed E-state index contributed by atoms with van der Waals surface area (Å²) in [7, 11) is 5.90. The lowest BCUT2D eigenvalue weighted by Gasteiger charge is -2.26. The minimum absolute atomic E-state index is 0.134. The lowest BCUT2D eigenvalue weighted by molar-refractivity contribution is -0.870. The first-order valence-corrected chi connectivity index (χ1v) is 29.3. The van der Waals surface area contributed by atoms with Gasteiger partial charge in [-0.3, -0.25) is 9.59 Å². The van der Waals surface area contributed by atoms with Gasteiger partial charge in [0, 0.05) is 12.8 Å². The fraction of sp³-hybridized carbons (Fsp3) is 0.621. The van der Waals surface area contributed by atoms with Crippen molar-refractivity contribution in [2.75, 3.05) is 47.5 Å². The second-order valence-corrected chi connectivity index (χ2v) is 20.2. The minimum atomic E-state index is -1.64. The molecule has 0 bridgehead atoms. The van der Waals surface area contributed by atoms with Gasteiger partial charge in [-0.05, 0) is 109 Å². The maximum absolute atomic E-state index is 12.9. The van der Waals surface area contributed by atoms with E-state index in [0.29, 0.717) is 23.9 Å². The molecule has 75 heavy (non-hydrogen) atoms. The molecule has 0 amide bonds. The SMILES string of the molecule is CC/C=C\C/C=C\C/C=C\C/C=C\C/C=C\C/C=C\CCCCCCCCCCCCCCC(=O)OC(COC(=O)CCCCC/C=C\C/C=C\C/C=C\C/C=C\C/C=C\CC)COC(OCC[N+](C)(C)C)C(=O)[O-]. The van der Waals surface area contributed by atoms with Crippen LogP contribution in [0.3, 0.4) is 0 Å². The Morgan fingerprint density at radius 3 is 1.08 bits per heavy atom. The normalized spacial score (nSPS) is 13.8. The van der Waals surface area contributed by atoms with Crippen molar-refractivity contribution < 1.29 is 42.9 Å². The number of hydrogen-bond donors (Lipinski definition) is 0. The van der Waals surface area contributed by atoms with Crippen molar-refractivity contribution >= 4 is 17.9 Å². The number of carbonyl (C=O) groups excluding carboxylic acids is 3. The van der Waals surface area contributed by atoms with E-state index < -0.39 is 30.3 Å². The number of hydrogen-bond acceptors (Lipinski definition) is 8. The molecule has 0 aliphatic carbocycles. The summed E-state index contributed by atoms with van der Waals surface area (Å²) < 4.78 is 22.7. The number of ether oxygens (including phenoxy) is 4. The Labute approximate surface area is 459 Å². The Hall–Kier alpha value is -4.57. The van der Waals surface area contributed by atoms with E-state index in [-0.39, 0.29) is 32.7 Å². The molecule has 2 unspecified atom stereocenters. The number of carboxylic acid groups (broad SMARTS) is 1. The van der Waals surface area contributed by atoms with E-state index in [2.05, 4.69) is 148 Å². The molecule has 0 aromatic carbocycles. The lowest BCUT2D eigenvalue weighted by atomic mass is 10.0. The van der Waals surface area contributed by atoms with Crippen molar-refractivity contribution in [1.82, 2.24) is 0 Å². The van der Waals surface area contributed by atoms with Gasteiger partial charge in [-0.2, -0.15) is 0 Å². The largest absolute Gasteiger partial charge is 0.545 e. The number of carbonyl (C=O) groups is 3. The van der Waals surface area contributed by atoms with Crippen LogP contribution in [0.4, 0.5) is 0 Å². The molecule has 0 aromatic rings. The van der Waals surface area contributed by atoms with Crippen LogP contribution in [0.25, 0.3) is 0 Å². The van der Waals surface area contributed by atoms with Crippen molar-refractivity contribution in [2.24, 2.45) is 0 Å². The zero-order chi connectivity index (χ0) is 54.8. The average molecular weight is 1040 g/mol. The number of allylic oxidation sites excluding steroid dienone is 22. The third-order valence-electron chi connectivity index (χ3n) is 11.9. The molecule has 0 saturated carbocycles. The number of unbranched alkanes of at least 4 members (excludes halogenated alkanes) is 15. The van der Waals surface area contributed by atoms with Crippen LogP contribution in [0.2, 0.25) is 0 Å². The van der Waals surface area contributed by atoms with Crippen molar-refractivity contribution in [1.29, 1.82) is 0 Å². The van der Waals surface area contributed by atoms with Gasteiger partial charge in [-0.1, -0.05) is 218 Å². The minimum Gasteiger partial charge on any atom is -0.545 e. The van der Waals surface area contributed by atoms with E-state index in [1.54, 1.807) is 0 Å². The van der Waals surface area contributed by atoms with Crippen molar-refractivity contribution in [3.63, 3.8) is 0 Å². The van der Waals surface area contributed by atoms with Crippen LogP contribution in [0.15, 0.2) is 134 Å². The van der Waals surface area contributed by atoms with E-state index in [4.69, 9.17) is 18.9 Å². The summed E-state index contributed by atoms with van der Waals surface area (Å²) in [4.78, 5) is 37.3. The highest BCUT2D eigenvalue weighted by Crippen LogP contribution is 2.15. The smallest absolute Gasteiger partial charge is 0.306 e. The summed E-state index contributed by atoms with van der Waals surface area (Å²) in [6.07, 6.45) is 76.4. The molecule has 0 aliphatic rings. The van der Waals surface area contributed by atoms with Gasteiger partial charge in [0.1, 0.15) is 13.2 Å². The quantitative estimate of drug-likeness (QED) is 0.0195. The van der Waals surface area contributed by atoms with Gasteiger partial charge >= 0.3 is 11.9 Å². The summed E-state index contributed by atoms with van der Waals surface area (Å²) in [6.45, 7) is 4.46. The van der Waals surface area contributed by atoms with Gasteiger partial charge in [-0.15, -0.1) is 0 Å². The number of aliphatic carboxylic acids is 1. The molecule has 0 heterocycles. The van der Waals surface area contributed by atoms with E-state index in [1.807, 2.05) is 21.1 Å². The molecule has 9 nitrogen and oxygen atoms in total. The predicted molar refractivity (Wildman–Crippen MR) is 315 cm³/mol. The van der Waals surface area contributed by atoms with Crippen LogP contribution >= 0.6 is 0 Å². The van der Waals surface area contributed by atoms with Gasteiger partial charge in [0.25, 0.3) is 0 Å². The van der Waals surface area contributed by atoms with Crippen molar-refractivity contribution in [3.05, 3.63) is 134 Å². The first kappa shape index (κ1) is 70.4. The second kappa shape index (κ2) is 55.7. The molecule has 0 saturated heterocycles. The molecule has 0 spiro atoms. The zero-order valence-electron chi connectivity index (χ0n) is 48.1. The third-order valence-corrected chi connectivity index (χ3v) is 11.9. The van der Waals surface area contributed by atoms with Gasteiger partial charge in [0.2, 0.25) is 0 Å². The molecule has 424 valence electrons. The van der Waals surface area contributed by atoms with E-state index >= 15 is 0 Å². The molecule has 2 atom stereocenters. The molecule has 0 N–H and O–H groups in total. The number of esters is 2. The third kappa shape index (κ3) is 57.0. The molecular weight excluding hydrogens is 935 g/mol. The van der Waals surface area contributed by atoms with Crippen LogP contribution in [0.5, 0.6) is 0 Å².